The Morgan fingerprint density at radius 3 is 2.90 bits per heavy atom. The van der Waals surface area contributed by atoms with Crippen molar-refractivity contribution in [3.63, 3.8) is 0 Å². The molecule has 1 aromatic carbocycles. The van der Waals surface area contributed by atoms with Gasteiger partial charge in [-0.3, -0.25) is 9.98 Å². The van der Waals surface area contributed by atoms with Crippen LogP contribution in [0.5, 0.6) is 5.88 Å². The molecular weight excluding hydrogens is 384 g/mol. The molecule has 0 spiro atoms. The largest absolute Gasteiger partial charge is 0.480 e. The van der Waals surface area contributed by atoms with Gasteiger partial charge in [-0.1, -0.05) is 12.1 Å². The van der Waals surface area contributed by atoms with Gasteiger partial charge >= 0.3 is 0 Å². The van der Waals surface area contributed by atoms with E-state index in [1.807, 2.05) is 31.3 Å². The minimum atomic E-state index is 0.585. The maximum Gasteiger partial charge on any atom is 0.228 e. The molecule has 0 atom stereocenters. The molecule has 0 saturated carbocycles. The average Bonchev–Trinajstić information content (AvgIpc) is 3.04. The fraction of sp³-hybridized carbons (Fsp3) is 0.143. The number of rotatable bonds is 5. The van der Waals surface area contributed by atoms with E-state index in [0.29, 0.717) is 11.7 Å². The molecule has 8 heteroatoms. The van der Waals surface area contributed by atoms with Gasteiger partial charge in [0.1, 0.15) is 5.49 Å². The first-order valence-corrected chi connectivity index (χ1v) is 9.72. The van der Waals surface area contributed by atoms with Crippen molar-refractivity contribution >= 4 is 47.2 Å². The van der Waals surface area contributed by atoms with Crippen molar-refractivity contribution in [2.24, 2.45) is 22.0 Å². The van der Waals surface area contributed by atoms with Gasteiger partial charge in [0.15, 0.2) is 5.84 Å². The van der Waals surface area contributed by atoms with Crippen molar-refractivity contribution in [3.05, 3.63) is 59.0 Å². The Morgan fingerprint density at radius 1 is 1.28 bits per heavy atom. The molecule has 0 radical (unpaired) electrons. The molecular formula is C21H20N6OS. The molecule has 1 N–H and O–H groups in total. The van der Waals surface area contributed by atoms with Gasteiger partial charge in [0.2, 0.25) is 5.88 Å². The van der Waals surface area contributed by atoms with Gasteiger partial charge in [0.05, 0.1) is 23.2 Å². The van der Waals surface area contributed by atoms with Gasteiger partial charge in [0, 0.05) is 42.7 Å². The van der Waals surface area contributed by atoms with Crippen LogP contribution in [0.25, 0.3) is 17.0 Å². The lowest BCUT2D eigenvalue weighted by atomic mass is 10.1. The number of nitrogens with zero attached hydrogens (tertiary/aromatic N) is 5. The van der Waals surface area contributed by atoms with Crippen LogP contribution in [-0.4, -0.2) is 36.3 Å². The topological polar surface area (TPSA) is 76.2 Å². The molecule has 3 aromatic rings. The predicted octanol–water partition coefficient (Wildman–Crippen LogP) is 2.73. The summed E-state index contributed by atoms with van der Waals surface area (Å²) in [5.41, 5.74) is 3.73. The maximum absolute atomic E-state index is 5.34. The number of fused-ring (bicyclic) bond motifs is 3. The highest BCUT2D eigenvalue weighted by atomic mass is 32.2. The highest BCUT2D eigenvalue weighted by Gasteiger charge is 2.16. The van der Waals surface area contributed by atoms with Crippen LogP contribution < -0.4 is 20.2 Å². The van der Waals surface area contributed by atoms with E-state index >= 15 is 0 Å². The maximum atomic E-state index is 5.34. The lowest BCUT2D eigenvalue weighted by molar-refractivity contribution is 0.387. The second-order valence-electron chi connectivity index (χ2n) is 6.28. The van der Waals surface area contributed by atoms with E-state index in [9.17, 15) is 0 Å². The molecule has 0 saturated heterocycles. The molecule has 0 aliphatic carbocycles. The average molecular weight is 404 g/mol. The molecule has 2 aromatic heterocycles. The van der Waals surface area contributed by atoms with E-state index in [4.69, 9.17) is 9.73 Å². The van der Waals surface area contributed by atoms with E-state index in [1.54, 1.807) is 26.6 Å². The van der Waals surface area contributed by atoms with Gasteiger partial charge in [0.25, 0.3) is 0 Å². The van der Waals surface area contributed by atoms with Crippen molar-refractivity contribution in [3.8, 4) is 5.88 Å². The van der Waals surface area contributed by atoms with E-state index in [2.05, 4.69) is 43.1 Å². The van der Waals surface area contributed by atoms with E-state index < -0.39 is 0 Å². The van der Waals surface area contributed by atoms with Crippen LogP contribution in [0.1, 0.15) is 0 Å². The summed E-state index contributed by atoms with van der Waals surface area (Å²) in [6.45, 7) is 3.55. The molecule has 0 amide bonds. The van der Waals surface area contributed by atoms with E-state index in [1.165, 1.54) is 11.9 Å². The summed E-state index contributed by atoms with van der Waals surface area (Å²) in [6.07, 6.45) is 5.45. The number of nitrogens with one attached hydrogen (secondary N) is 1. The fourth-order valence-corrected chi connectivity index (χ4v) is 4.12. The Balaban J connectivity index is 1.85. The zero-order valence-corrected chi connectivity index (χ0v) is 17.2. The number of pyridine rings is 1. The van der Waals surface area contributed by atoms with Crippen LogP contribution >= 0.6 is 11.9 Å². The first-order chi connectivity index (χ1) is 14.2. The SMILES string of the molecule is C=N/C=C1/C=c2c(n(C)c3c(NSc4cccnc4OC)cccc23)=NC1=NC. The third-order valence-electron chi connectivity index (χ3n) is 4.63. The van der Waals surface area contributed by atoms with Gasteiger partial charge in [-0.25, -0.2) is 9.98 Å². The molecule has 7 nitrogen and oxygen atoms in total. The van der Waals surface area contributed by atoms with Crippen LogP contribution in [0.15, 0.2) is 68.2 Å². The molecule has 0 fully saturated rings. The minimum absolute atomic E-state index is 0.585. The summed E-state index contributed by atoms with van der Waals surface area (Å²) in [5.74, 6) is 1.22. The number of amidine groups is 1. The van der Waals surface area contributed by atoms with Crippen LogP contribution in [0.2, 0.25) is 0 Å². The second-order valence-corrected chi connectivity index (χ2v) is 7.13. The van der Waals surface area contributed by atoms with Crippen LogP contribution in [0, 0.1) is 0 Å². The summed E-state index contributed by atoms with van der Waals surface area (Å²) < 4.78 is 10.9. The second kappa shape index (κ2) is 7.92. The number of hydrogen-bond acceptors (Lipinski definition) is 6. The van der Waals surface area contributed by atoms with Crippen molar-refractivity contribution in [1.82, 2.24) is 9.55 Å². The number of aromatic nitrogens is 2. The van der Waals surface area contributed by atoms with Crippen molar-refractivity contribution in [2.75, 3.05) is 18.9 Å². The standard InChI is InChI=1S/C21H20N6OS/c1-22-12-13-11-15-14-7-5-8-16(18(14)27(3)20(15)25-19(13)23-2)26-29-17-9-6-10-24-21(17)28-4/h5-12,26H,1H2,2-4H3/b13-12-,23-19?. The zero-order chi connectivity index (χ0) is 20.4. The van der Waals surface area contributed by atoms with Gasteiger partial charge < -0.3 is 14.0 Å². The Kier molecular flexibility index (Phi) is 5.18. The molecule has 1 aliphatic rings. The lowest BCUT2D eigenvalue weighted by Gasteiger charge is -2.10. The summed E-state index contributed by atoms with van der Waals surface area (Å²) >= 11 is 1.46. The van der Waals surface area contributed by atoms with Crippen LogP contribution in [0.3, 0.4) is 0 Å². The molecule has 146 valence electrons. The van der Waals surface area contributed by atoms with E-state index in [-0.39, 0.29) is 0 Å². The number of para-hydroxylation sites is 1. The van der Waals surface area contributed by atoms with E-state index in [0.717, 1.165) is 37.8 Å². The summed E-state index contributed by atoms with van der Waals surface area (Å²) in [4.78, 5) is 18.1. The van der Waals surface area contributed by atoms with Crippen LogP contribution in [0.4, 0.5) is 5.69 Å². The molecule has 0 bridgehead atoms. The molecule has 3 heterocycles. The number of anilines is 1. The number of ether oxygens (including phenoxy) is 1. The predicted molar refractivity (Wildman–Crippen MR) is 119 cm³/mol. The number of hydrogen-bond donors (Lipinski definition) is 1. The fourth-order valence-electron chi connectivity index (χ4n) is 3.36. The Bertz CT molecular complexity index is 1290. The molecule has 4 rings (SSSR count). The first kappa shape index (κ1) is 18.9. The normalized spacial score (nSPS) is 15.7. The number of methoxy groups -OCH3 is 1. The molecule has 0 unspecified atom stereocenters. The Morgan fingerprint density at radius 2 is 2.14 bits per heavy atom. The molecule has 29 heavy (non-hydrogen) atoms. The number of benzene rings is 1. The quantitative estimate of drug-likeness (QED) is 0.524. The van der Waals surface area contributed by atoms with Crippen molar-refractivity contribution in [2.45, 2.75) is 4.90 Å². The number of aliphatic imine (C=N–C) groups is 2. The highest BCUT2D eigenvalue weighted by Crippen LogP contribution is 2.30. The van der Waals surface area contributed by atoms with Gasteiger partial charge in [-0.2, -0.15) is 0 Å². The van der Waals surface area contributed by atoms with Gasteiger partial charge in [-0.05, 0) is 42.9 Å². The van der Waals surface area contributed by atoms with Gasteiger partial charge in [-0.15, -0.1) is 0 Å². The summed E-state index contributed by atoms with van der Waals surface area (Å²) in [6, 6.07) is 10.0. The number of aryl methyl sites for hydroxylation is 1. The van der Waals surface area contributed by atoms with Crippen LogP contribution in [-0.2, 0) is 7.05 Å². The van der Waals surface area contributed by atoms with Crippen molar-refractivity contribution < 1.29 is 4.74 Å². The third kappa shape index (κ3) is 3.31. The monoisotopic (exact) mass is 404 g/mol. The highest BCUT2D eigenvalue weighted by molar-refractivity contribution is 8.00. The Hall–Kier alpha value is -3.39. The summed E-state index contributed by atoms with van der Waals surface area (Å²) in [7, 11) is 5.35. The Labute approximate surface area is 172 Å². The molecule has 1 aliphatic heterocycles. The first-order valence-electron chi connectivity index (χ1n) is 8.90. The minimum Gasteiger partial charge on any atom is -0.480 e. The van der Waals surface area contributed by atoms with Crippen molar-refractivity contribution in [1.29, 1.82) is 0 Å². The smallest absolute Gasteiger partial charge is 0.228 e. The summed E-state index contributed by atoms with van der Waals surface area (Å²) in [5, 5.41) is 2.14. The zero-order valence-electron chi connectivity index (χ0n) is 16.4. The third-order valence-corrected chi connectivity index (χ3v) is 5.49. The lowest BCUT2D eigenvalue weighted by Crippen LogP contribution is -2.33.